The number of hydrogen-bond donors (Lipinski definition) is 2. The Balaban J connectivity index is 1.64. The molecule has 9 heteroatoms. The summed E-state index contributed by atoms with van der Waals surface area (Å²) in [6.45, 7) is 3.60. The number of ether oxygens (including phenoxy) is 1. The fraction of sp³-hybridized carbons (Fsp3) is 0.182. The van der Waals surface area contributed by atoms with Crippen LogP contribution in [-0.4, -0.2) is 34.4 Å². The number of hydrazone groups is 1. The molecule has 2 aromatic carbocycles. The molecule has 1 heterocycles. The van der Waals surface area contributed by atoms with Crippen molar-refractivity contribution < 1.29 is 14.3 Å². The van der Waals surface area contributed by atoms with Crippen LogP contribution in [0.2, 0.25) is 0 Å². The van der Waals surface area contributed by atoms with Crippen molar-refractivity contribution in [1.29, 1.82) is 0 Å². The molecule has 8 nitrogen and oxygen atoms in total. The van der Waals surface area contributed by atoms with Crippen LogP contribution in [0.3, 0.4) is 0 Å². The van der Waals surface area contributed by atoms with E-state index in [0.29, 0.717) is 32.9 Å². The molecule has 0 aliphatic rings. The molecule has 3 rings (SSSR count). The Hall–Kier alpha value is -3.46. The van der Waals surface area contributed by atoms with Gasteiger partial charge in [0.1, 0.15) is 11.4 Å². The van der Waals surface area contributed by atoms with Crippen molar-refractivity contribution in [3.63, 3.8) is 0 Å². The third-order valence-electron chi connectivity index (χ3n) is 4.60. The lowest BCUT2D eigenvalue weighted by molar-refractivity contribution is 0.0944. The molecule has 3 aromatic rings. The van der Waals surface area contributed by atoms with E-state index in [1.807, 2.05) is 19.1 Å². The van der Waals surface area contributed by atoms with Crippen LogP contribution in [0.4, 0.5) is 5.69 Å². The highest BCUT2D eigenvalue weighted by atomic mass is 79.9. The molecule has 2 N–H and O–H groups in total. The van der Waals surface area contributed by atoms with E-state index in [2.05, 4.69) is 36.9 Å². The number of carbonyl (C=O) groups is 2. The SMILES string of the molecule is COc1ccc(C(=O)Nc2ccc(C(C)=NNC(=O)c3c(Br)c(C)nn3C)cc2)cc1. The highest BCUT2D eigenvalue weighted by Gasteiger charge is 2.18. The average molecular weight is 484 g/mol. The monoisotopic (exact) mass is 483 g/mol. The lowest BCUT2D eigenvalue weighted by Crippen LogP contribution is -2.22. The summed E-state index contributed by atoms with van der Waals surface area (Å²) in [7, 11) is 3.27. The van der Waals surface area contributed by atoms with Crippen LogP contribution >= 0.6 is 15.9 Å². The van der Waals surface area contributed by atoms with Crippen LogP contribution in [0, 0.1) is 6.92 Å². The molecule has 0 saturated heterocycles. The Morgan fingerprint density at radius 1 is 1.03 bits per heavy atom. The summed E-state index contributed by atoms with van der Waals surface area (Å²) in [5.41, 5.74) is 6.27. The fourth-order valence-corrected chi connectivity index (χ4v) is 3.39. The van der Waals surface area contributed by atoms with Crippen molar-refractivity contribution in [1.82, 2.24) is 15.2 Å². The Labute approximate surface area is 188 Å². The number of amides is 2. The van der Waals surface area contributed by atoms with Gasteiger partial charge in [-0.05, 0) is 71.7 Å². The normalized spacial score (nSPS) is 11.2. The molecule has 0 unspecified atom stereocenters. The maximum atomic E-state index is 12.4. The molecule has 2 amide bonds. The van der Waals surface area contributed by atoms with Gasteiger partial charge in [0.15, 0.2) is 0 Å². The second kappa shape index (κ2) is 9.57. The van der Waals surface area contributed by atoms with Gasteiger partial charge in [-0.2, -0.15) is 10.2 Å². The topological polar surface area (TPSA) is 97.6 Å². The first-order valence-electron chi connectivity index (χ1n) is 9.39. The number of hydrogen-bond acceptors (Lipinski definition) is 5. The Morgan fingerprint density at radius 2 is 1.65 bits per heavy atom. The quantitative estimate of drug-likeness (QED) is 0.410. The zero-order chi connectivity index (χ0) is 22.5. The van der Waals surface area contributed by atoms with E-state index < -0.39 is 0 Å². The summed E-state index contributed by atoms with van der Waals surface area (Å²) in [5.74, 6) is 0.108. The van der Waals surface area contributed by atoms with E-state index in [4.69, 9.17) is 4.74 Å². The highest BCUT2D eigenvalue weighted by molar-refractivity contribution is 9.10. The number of benzene rings is 2. The van der Waals surface area contributed by atoms with Crippen LogP contribution in [-0.2, 0) is 7.05 Å². The molecule has 0 radical (unpaired) electrons. The van der Waals surface area contributed by atoms with Gasteiger partial charge in [-0.25, -0.2) is 5.43 Å². The number of rotatable bonds is 6. The van der Waals surface area contributed by atoms with E-state index in [1.165, 1.54) is 4.68 Å². The molecular weight excluding hydrogens is 462 g/mol. The number of nitrogens with zero attached hydrogens (tertiary/aromatic N) is 3. The zero-order valence-corrected chi connectivity index (χ0v) is 19.1. The molecule has 0 saturated carbocycles. The highest BCUT2D eigenvalue weighted by Crippen LogP contribution is 2.20. The lowest BCUT2D eigenvalue weighted by atomic mass is 10.1. The number of halogens is 1. The van der Waals surface area contributed by atoms with E-state index in [1.54, 1.807) is 57.5 Å². The van der Waals surface area contributed by atoms with Gasteiger partial charge in [-0.3, -0.25) is 14.3 Å². The van der Waals surface area contributed by atoms with E-state index in [0.717, 1.165) is 11.3 Å². The third kappa shape index (κ3) is 5.18. The molecule has 1 aromatic heterocycles. The molecule has 0 aliphatic heterocycles. The van der Waals surface area contributed by atoms with Crippen molar-refractivity contribution >= 4 is 39.1 Å². The molecule has 0 fully saturated rings. The molecule has 0 aliphatic carbocycles. The second-order valence-electron chi connectivity index (χ2n) is 6.77. The van der Waals surface area contributed by atoms with Gasteiger partial charge in [0.25, 0.3) is 11.8 Å². The van der Waals surface area contributed by atoms with E-state index in [9.17, 15) is 9.59 Å². The molecule has 0 spiro atoms. The van der Waals surface area contributed by atoms with Crippen LogP contribution in [0.25, 0.3) is 0 Å². The minimum absolute atomic E-state index is 0.217. The standard InChI is InChI=1S/C22H22BrN5O3/c1-13(25-26-22(30)20-19(23)14(2)27-28(20)3)15-5-9-17(10-6-15)24-21(29)16-7-11-18(31-4)12-8-16/h5-12H,1-4H3,(H,24,29)(H,26,30). The van der Waals surface area contributed by atoms with Crippen molar-refractivity contribution in [3.8, 4) is 5.75 Å². The largest absolute Gasteiger partial charge is 0.497 e. The van der Waals surface area contributed by atoms with Crippen LogP contribution < -0.4 is 15.5 Å². The molecule has 31 heavy (non-hydrogen) atoms. The fourth-order valence-electron chi connectivity index (χ4n) is 2.87. The number of methoxy groups -OCH3 is 1. The summed E-state index contributed by atoms with van der Waals surface area (Å²) in [5, 5.41) is 11.2. The van der Waals surface area contributed by atoms with Gasteiger partial charge in [0.2, 0.25) is 0 Å². The second-order valence-corrected chi connectivity index (χ2v) is 7.56. The van der Waals surface area contributed by atoms with Crippen LogP contribution in [0.1, 0.15) is 39.0 Å². The number of nitrogens with one attached hydrogen (secondary N) is 2. The summed E-state index contributed by atoms with van der Waals surface area (Å²) >= 11 is 3.37. The van der Waals surface area contributed by atoms with Gasteiger partial charge in [-0.15, -0.1) is 0 Å². The van der Waals surface area contributed by atoms with Crippen molar-refractivity contribution in [2.75, 3.05) is 12.4 Å². The van der Waals surface area contributed by atoms with Gasteiger partial charge in [0, 0.05) is 18.3 Å². The average Bonchev–Trinajstić information content (AvgIpc) is 3.03. The molecular formula is C22H22BrN5O3. The Bertz CT molecular complexity index is 1140. The van der Waals surface area contributed by atoms with Crippen LogP contribution in [0.5, 0.6) is 5.75 Å². The van der Waals surface area contributed by atoms with Gasteiger partial charge in [-0.1, -0.05) is 12.1 Å². The van der Waals surface area contributed by atoms with Crippen LogP contribution in [0.15, 0.2) is 58.1 Å². The van der Waals surface area contributed by atoms with E-state index in [-0.39, 0.29) is 11.8 Å². The first-order chi connectivity index (χ1) is 14.8. The van der Waals surface area contributed by atoms with Crippen molar-refractivity contribution in [3.05, 3.63) is 75.5 Å². The molecule has 0 atom stereocenters. The summed E-state index contributed by atoms with van der Waals surface area (Å²) < 4.78 is 7.24. The number of aryl methyl sites for hydroxylation is 2. The number of aromatic nitrogens is 2. The first-order valence-corrected chi connectivity index (χ1v) is 10.2. The van der Waals surface area contributed by atoms with Gasteiger partial charge >= 0.3 is 0 Å². The molecule has 160 valence electrons. The Morgan fingerprint density at radius 3 is 2.19 bits per heavy atom. The number of carbonyl (C=O) groups excluding carboxylic acids is 2. The van der Waals surface area contributed by atoms with E-state index >= 15 is 0 Å². The van der Waals surface area contributed by atoms with Crippen molar-refractivity contribution in [2.24, 2.45) is 12.1 Å². The summed E-state index contributed by atoms with van der Waals surface area (Å²) in [4.78, 5) is 24.8. The Kier molecular flexibility index (Phi) is 6.86. The summed E-state index contributed by atoms with van der Waals surface area (Å²) in [6, 6.07) is 14.1. The predicted octanol–water partition coefficient (Wildman–Crippen LogP) is 3.91. The maximum absolute atomic E-state index is 12.4. The zero-order valence-electron chi connectivity index (χ0n) is 17.6. The summed E-state index contributed by atoms with van der Waals surface area (Å²) in [6.07, 6.45) is 0. The van der Waals surface area contributed by atoms with Gasteiger partial charge < -0.3 is 10.1 Å². The predicted molar refractivity (Wildman–Crippen MR) is 123 cm³/mol. The van der Waals surface area contributed by atoms with Crippen molar-refractivity contribution in [2.45, 2.75) is 13.8 Å². The first kappa shape index (κ1) is 22.2. The lowest BCUT2D eigenvalue weighted by Gasteiger charge is -2.08. The minimum Gasteiger partial charge on any atom is -0.497 e. The molecule has 0 bridgehead atoms. The minimum atomic E-state index is -0.363. The number of anilines is 1. The third-order valence-corrected chi connectivity index (χ3v) is 5.55. The van der Waals surface area contributed by atoms with Gasteiger partial charge in [0.05, 0.1) is 23.0 Å². The smallest absolute Gasteiger partial charge is 0.290 e. The maximum Gasteiger partial charge on any atom is 0.290 e.